The fourth-order valence-corrected chi connectivity index (χ4v) is 0.837. The number of terminal acetylenes is 1. The molecule has 0 amide bonds. The Morgan fingerprint density at radius 1 is 1.58 bits per heavy atom. The summed E-state index contributed by atoms with van der Waals surface area (Å²) in [5.41, 5.74) is 0.809. The second kappa shape index (κ2) is 4.46. The highest BCUT2D eigenvalue weighted by Gasteiger charge is 1.92. The second-order valence-electron chi connectivity index (χ2n) is 2.45. The lowest BCUT2D eigenvalue weighted by atomic mass is 10.2. The van der Waals surface area contributed by atoms with Crippen molar-refractivity contribution in [1.29, 1.82) is 0 Å². The van der Waals surface area contributed by atoms with Gasteiger partial charge in [0.15, 0.2) is 0 Å². The van der Waals surface area contributed by atoms with Crippen LogP contribution >= 0.6 is 0 Å². The van der Waals surface area contributed by atoms with E-state index in [1.165, 1.54) is 0 Å². The van der Waals surface area contributed by atoms with Crippen molar-refractivity contribution in [1.82, 2.24) is 0 Å². The minimum absolute atomic E-state index is 0.724. The quantitative estimate of drug-likeness (QED) is 0.615. The monoisotopic (exact) mass is 159 g/mol. The van der Waals surface area contributed by atoms with Gasteiger partial charge in [-0.25, -0.2) is 0 Å². The molecule has 1 radical (unpaired) electrons. The van der Waals surface area contributed by atoms with Crippen LogP contribution in [0.1, 0.15) is 18.9 Å². The second-order valence-corrected chi connectivity index (χ2v) is 2.45. The molecule has 0 aliphatic carbocycles. The number of rotatable bonds is 3. The van der Waals surface area contributed by atoms with Crippen molar-refractivity contribution >= 4 is 0 Å². The molecule has 1 rings (SSSR count). The summed E-state index contributed by atoms with van der Waals surface area (Å²) in [6.07, 6.45) is 6.22. The highest BCUT2D eigenvalue weighted by molar-refractivity contribution is 5.37. The van der Waals surface area contributed by atoms with E-state index in [9.17, 15) is 0 Å². The van der Waals surface area contributed by atoms with Crippen LogP contribution in [-0.4, -0.2) is 6.61 Å². The first-order valence-electron chi connectivity index (χ1n) is 3.97. The van der Waals surface area contributed by atoms with Crippen LogP contribution in [-0.2, 0) is 0 Å². The summed E-state index contributed by atoms with van der Waals surface area (Å²) in [6.45, 7) is 2.79. The van der Waals surface area contributed by atoms with Gasteiger partial charge in [0.2, 0.25) is 0 Å². The van der Waals surface area contributed by atoms with Crippen LogP contribution in [0.25, 0.3) is 0 Å². The van der Waals surface area contributed by atoms with Crippen LogP contribution in [0.4, 0.5) is 0 Å². The van der Waals surface area contributed by atoms with E-state index in [0.29, 0.717) is 0 Å². The summed E-state index contributed by atoms with van der Waals surface area (Å²) < 4.78 is 5.37. The van der Waals surface area contributed by atoms with Gasteiger partial charge in [-0.3, -0.25) is 0 Å². The third kappa shape index (κ3) is 2.32. The molecule has 1 nitrogen and oxygen atoms in total. The Hall–Kier alpha value is -1.42. The predicted molar refractivity (Wildman–Crippen MR) is 49.0 cm³/mol. The van der Waals surface area contributed by atoms with Crippen molar-refractivity contribution in [3.63, 3.8) is 0 Å². The number of benzene rings is 1. The van der Waals surface area contributed by atoms with Crippen LogP contribution in [0.15, 0.2) is 18.2 Å². The fraction of sp³-hybridized carbons (Fsp3) is 0.273. The Labute approximate surface area is 73.4 Å². The molecule has 0 fully saturated rings. The molecule has 0 N–H and O–H groups in total. The van der Waals surface area contributed by atoms with Crippen molar-refractivity contribution in [2.75, 3.05) is 6.61 Å². The van der Waals surface area contributed by atoms with Crippen molar-refractivity contribution in [2.24, 2.45) is 0 Å². The Kier molecular flexibility index (Phi) is 3.22. The zero-order valence-corrected chi connectivity index (χ0v) is 7.13. The van der Waals surface area contributed by atoms with E-state index in [-0.39, 0.29) is 0 Å². The molecule has 1 heteroatoms. The minimum atomic E-state index is 0.724. The molecular weight excluding hydrogens is 148 g/mol. The minimum Gasteiger partial charge on any atom is -0.494 e. The molecule has 0 saturated heterocycles. The molecule has 1 aromatic carbocycles. The molecular formula is C11H11O. The first-order chi connectivity index (χ1) is 5.86. The molecule has 61 valence electrons. The Morgan fingerprint density at radius 2 is 2.42 bits per heavy atom. The van der Waals surface area contributed by atoms with Crippen LogP contribution in [0.2, 0.25) is 0 Å². The zero-order valence-electron chi connectivity index (χ0n) is 7.13. The SMILES string of the molecule is C#Cc1c[c]cc(OCCC)c1. The molecule has 0 bridgehead atoms. The third-order valence-electron chi connectivity index (χ3n) is 1.40. The van der Waals surface area contributed by atoms with E-state index >= 15 is 0 Å². The highest BCUT2D eigenvalue weighted by Crippen LogP contribution is 2.11. The summed E-state index contributed by atoms with van der Waals surface area (Å²) in [7, 11) is 0. The molecule has 0 spiro atoms. The van der Waals surface area contributed by atoms with Gasteiger partial charge in [0.05, 0.1) is 6.61 Å². The average Bonchev–Trinajstić information content (AvgIpc) is 2.15. The van der Waals surface area contributed by atoms with Gasteiger partial charge >= 0.3 is 0 Å². The summed E-state index contributed by atoms with van der Waals surface area (Å²) >= 11 is 0. The smallest absolute Gasteiger partial charge is 0.121 e. The lowest BCUT2D eigenvalue weighted by molar-refractivity contribution is 0.317. The van der Waals surface area contributed by atoms with Gasteiger partial charge < -0.3 is 4.74 Å². The average molecular weight is 159 g/mol. The fourth-order valence-electron chi connectivity index (χ4n) is 0.837. The van der Waals surface area contributed by atoms with Gasteiger partial charge in [-0.15, -0.1) is 6.42 Å². The van der Waals surface area contributed by atoms with Crippen molar-refractivity contribution in [3.05, 3.63) is 29.8 Å². The van der Waals surface area contributed by atoms with Crippen molar-refractivity contribution < 1.29 is 4.74 Å². The maximum Gasteiger partial charge on any atom is 0.121 e. The van der Waals surface area contributed by atoms with E-state index in [2.05, 4.69) is 18.9 Å². The van der Waals surface area contributed by atoms with Gasteiger partial charge in [0.25, 0.3) is 0 Å². The molecule has 1 aromatic rings. The standard InChI is InChI=1S/C11H11O/c1-3-8-12-11-7-5-6-10(4-2)9-11/h2,6-7,9H,3,8H2,1H3. The first-order valence-corrected chi connectivity index (χ1v) is 3.97. The normalized spacial score (nSPS) is 9.00. The number of hydrogen-bond acceptors (Lipinski definition) is 1. The summed E-state index contributed by atoms with van der Waals surface area (Å²) in [5, 5.41) is 0. The van der Waals surface area contributed by atoms with E-state index in [4.69, 9.17) is 11.2 Å². The topological polar surface area (TPSA) is 9.23 Å². The van der Waals surface area contributed by atoms with Crippen LogP contribution in [0.5, 0.6) is 5.75 Å². The van der Waals surface area contributed by atoms with Crippen molar-refractivity contribution in [3.8, 4) is 18.1 Å². The van der Waals surface area contributed by atoms with Crippen molar-refractivity contribution in [2.45, 2.75) is 13.3 Å². The van der Waals surface area contributed by atoms with E-state index < -0.39 is 0 Å². The van der Waals surface area contributed by atoms with E-state index in [0.717, 1.165) is 24.3 Å². The molecule has 0 atom stereocenters. The largest absolute Gasteiger partial charge is 0.494 e. The Bertz CT molecular complexity index is 283. The molecule has 0 aromatic heterocycles. The molecule has 0 heterocycles. The summed E-state index contributed by atoms with van der Waals surface area (Å²) in [5.74, 6) is 3.33. The van der Waals surface area contributed by atoms with Crippen LogP contribution in [0, 0.1) is 18.4 Å². The van der Waals surface area contributed by atoms with Crippen LogP contribution < -0.4 is 4.74 Å². The molecule has 0 unspecified atom stereocenters. The summed E-state index contributed by atoms with van der Waals surface area (Å²) in [6, 6.07) is 8.31. The summed E-state index contributed by atoms with van der Waals surface area (Å²) in [4.78, 5) is 0. The molecule has 12 heavy (non-hydrogen) atoms. The third-order valence-corrected chi connectivity index (χ3v) is 1.40. The predicted octanol–water partition coefficient (Wildman–Crippen LogP) is 2.26. The molecule has 0 saturated carbocycles. The van der Waals surface area contributed by atoms with E-state index in [1.54, 1.807) is 12.1 Å². The van der Waals surface area contributed by atoms with Gasteiger partial charge in [0.1, 0.15) is 5.75 Å². The van der Waals surface area contributed by atoms with Gasteiger partial charge in [-0.05, 0) is 30.7 Å². The zero-order chi connectivity index (χ0) is 8.81. The number of ether oxygens (including phenoxy) is 1. The Balaban J connectivity index is 2.68. The maximum atomic E-state index is 5.37. The maximum absolute atomic E-state index is 5.37. The molecule has 0 aliphatic heterocycles. The van der Waals surface area contributed by atoms with Gasteiger partial charge in [-0.1, -0.05) is 12.8 Å². The Morgan fingerprint density at radius 3 is 3.08 bits per heavy atom. The number of hydrogen-bond donors (Lipinski definition) is 0. The van der Waals surface area contributed by atoms with Gasteiger partial charge in [-0.2, -0.15) is 0 Å². The molecule has 0 aliphatic rings. The lowest BCUT2D eigenvalue weighted by Gasteiger charge is -2.03. The lowest BCUT2D eigenvalue weighted by Crippen LogP contribution is -1.94. The first kappa shape index (κ1) is 8.67. The van der Waals surface area contributed by atoms with Gasteiger partial charge in [0, 0.05) is 5.56 Å². The van der Waals surface area contributed by atoms with Crippen LogP contribution in [0.3, 0.4) is 0 Å². The highest BCUT2D eigenvalue weighted by atomic mass is 16.5. The van der Waals surface area contributed by atoms with E-state index in [1.807, 2.05) is 6.07 Å².